The summed E-state index contributed by atoms with van der Waals surface area (Å²) < 4.78 is 67.5. The highest BCUT2D eigenvalue weighted by Crippen LogP contribution is 2.56. The molecular formula is C25H27ClF3NO6S. The molecule has 0 aliphatic heterocycles. The maximum Gasteiger partial charge on any atom is 0.255 e. The molecule has 4 rings (SSSR count). The zero-order valence-corrected chi connectivity index (χ0v) is 21.4. The van der Waals surface area contributed by atoms with Crippen molar-refractivity contribution in [1.29, 1.82) is 0 Å². The van der Waals surface area contributed by atoms with Gasteiger partial charge in [-0.2, -0.15) is 0 Å². The summed E-state index contributed by atoms with van der Waals surface area (Å²) >= 11 is 6.22. The number of halogens is 4. The Kier molecular flexibility index (Phi) is 7.66. The lowest BCUT2D eigenvalue weighted by molar-refractivity contribution is -0.149. The molecule has 2 aliphatic rings. The zero-order valence-electron chi connectivity index (χ0n) is 19.8. The number of aliphatic hydroxyl groups excluding tert-OH is 2. The first kappa shape index (κ1) is 27.8. The third kappa shape index (κ3) is 4.87. The normalized spacial score (nSPS) is 28.2. The molecule has 0 spiro atoms. The molecule has 3 unspecified atom stereocenters. The number of aliphatic hydroxyl groups is 3. The van der Waals surface area contributed by atoms with Gasteiger partial charge in [0.05, 0.1) is 26.9 Å². The van der Waals surface area contributed by atoms with Gasteiger partial charge >= 0.3 is 0 Å². The topological polar surface area (TPSA) is 124 Å². The molecule has 1 amide bonds. The number of amides is 1. The Balaban J connectivity index is 1.60. The van der Waals surface area contributed by atoms with Gasteiger partial charge in [-0.1, -0.05) is 18.5 Å². The van der Waals surface area contributed by atoms with Crippen LogP contribution in [-0.2, 0) is 9.84 Å². The number of rotatable bonds is 7. The number of hydrogen-bond donors (Lipinski definition) is 4. The second-order valence-corrected chi connectivity index (χ2v) is 12.5. The molecule has 0 radical (unpaired) electrons. The Morgan fingerprint density at radius 1 is 1.16 bits per heavy atom. The van der Waals surface area contributed by atoms with E-state index in [1.807, 2.05) is 6.92 Å². The molecule has 2 fully saturated rings. The number of sulfone groups is 1. The second-order valence-electron chi connectivity index (χ2n) is 9.92. The van der Waals surface area contributed by atoms with Crippen LogP contribution in [0.1, 0.15) is 43.0 Å². The summed E-state index contributed by atoms with van der Waals surface area (Å²) in [5, 5.41) is 32.3. The highest BCUT2D eigenvalue weighted by molar-refractivity contribution is 7.92. The average Bonchev–Trinajstić information content (AvgIpc) is 2.95. The summed E-state index contributed by atoms with van der Waals surface area (Å²) in [6.07, 6.45) is -0.601. The largest absolute Gasteiger partial charge is 0.396 e. The molecule has 4 N–H and O–H groups in total. The minimum Gasteiger partial charge on any atom is -0.396 e. The van der Waals surface area contributed by atoms with Gasteiger partial charge in [0.15, 0.2) is 27.3 Å². The molecule has 0 saturated heterocycles. The number of fused-ring (bicyclic) bond motifs is 2. The molecule has 2 aliphatic carbocycles. The summed E-state index contributed by atoms with van der Waals surface area (Å²) in [6.45, 7) is 1.57. The third-order valence-electron chi connectivity index (χ3n) is 7.77. The van der Waals surface area contributed by atoms with Crippen LogP contribution < -0.4 is 5.32 Å². The Hall–Kier alpha value is -2.18. The molecule has 2 bridgehead atoms. The fraction of sp³-hybridized carbons (Fsp3) is 0.480. The fourth-order valence-corrected chi connectivity index (χ4v) is 8.34. The van der Waals surface area contributed by atoms with Crippen LogP contribution in [0.3, 0.4) is 0 Å². The van der Waals surface area contributed by atoms with Crippen LogP contribution in [0, 0.1) is 35.2 Å². The van der Waals surface area contributed by atoms with Crippen molar-refractivity contribution in [3.8, 4) is 0 Å². The van der Waals surface area contributed by atoms with E-state index in [0.29, 0.717) is 18.6 Å². The standard InChI is InChI=1S/C25H27ClF3NO6S/c1-12-6-14-8-16(11-17(12)25(14,34)22(32)4-5-31)37(35,36)21-7-13(2-3-18(21)26)24(33)30-15-9-19(27)23(29)20(28)10-15/h2-3,7,9-10,12,14,16-17,22,31-32,34H,4-6,8,11H2,1H3,(H,30,33)/t12-,14?,16?,17?,22+,25+/m0/s1. The average molecular weight is 562 g/mol. The van der Waals surface area contributed by atoms with Gasteiger partial charge in [0.2, 0.25) is 0 Å². The lowest BCUT2D eigenvalue weighted by Crippen LogP contribution is -2.56. The van der Waals surface area contributed by atoms with E-state index in [4.69, 9.17) is 11.6 Å². The molecule has 0 heterocycles. The highest BCUT2D eigenvalue weighted by Gasteiger charge is 2.61. The van der Waals surface area contributed by atoms with Gasteiger partial charge in [-0.25, -0.2) is 21.6 Å². The summed E-state index contributed by atoms with van der Waals surface area (Å²) in [6, 6.07) is 4.71. The van der Waals surface area contributed by atoms with Crippen molar-refractivity contribution >= 4 is 33.0 Å². The van der Waals surface area contributed by atoms with Crippen LogP contribution in [-0.4, -0.2) is 53.2 Å². The number of carbonyl (C=O) groups is 1. The van der Waals surface area contributed by atoms with E-state index in [2.05, 4.69) is 5.32 Å². The molecule has 12 heteroatoms. The van der Waals surface area contributed by atoms with Crippen molar-refractivity contribution in [2.45, 2.75) is 54.5 Å². The van der Waals surface area contributed by atoms with Gasteiger partial charge in [-0.15, -0.1) is 0 Å². The van der Waals surface area contributed by atoms with E-state index in [9.17, 15) is 41.7 Å². The number of benzene rings is 2. The number of carbonyl (C=O) groups excluding carboxylic acids is 1. The first-order chi connectivity index (χ1) is 17.3. The van der Waals surface area contributed by atoms with Crippen LogP contribution in [0.25, 0.3) is 0 Å². The van der Waals surface area contributed by atoms with Gasteiger partial charge < -0.3 is 20.6 Å². The lowest BCUT2D eigenvalue weighted by Gasteiger charge is -2.45. The minimum atomic E-state index is -4.10. The Morgan fingerprint density at radius 3 is 2.41 bits per heavy atom. The molecule has 7 nitrogen and oxygen atoms in total. The van der Waals surface area contributed by atoms with Gasteiger partial charge in [-0.3, -0.25) is 4.79 Å². The van der Waals surface area contributed by atoms with E-state index in [-0.39, 0.29) is 53.0 Å². The minimum absolute atomic E-state index is 0.0293. The van der Waals surface area contributed by atoms with Crippen molar-refractivity contribution in [3.63, 3.8) is 0 Å². The van der Waals surface area contributed by atoms with E-state index >= 15 is 0 Å². The van der Waals surface area contributed by atoms with Gasteiger partial charge in [0.25, 0.3) is 5.91 Å². The summed E-state index contributed by atoms with van der Waals surface area (Å²) in [4.78, 5) is 12.4. The monoisotopic (exact) mass is 561 g/mol. The fourth-order valence-electron chi connectivity index (χ4n) is 5.96. The van der Waals surface area contributed by atoms with Gasteiger partial charge in [-0.05, 0) is 61.6 Å². The molecule has 202 valence electrons. The second kappa shape index (κ2) is 10.2. The zero-order chi connectivity index (χ0) is 27.3. The van der Waals surface area contributed by atoms with Crippen LogP contribution >= 0.6 is 11.6 Å². The smallest absolute Gasteiger partial charge is 0.255 e. The van der Waals surface area contributed by atoms with Crippen LogP contribution in [0.5, 0.6) is 0 Å². The SMILES string of the molecule is C[C@H]1CC2CC(S(=O)(=O)c3cc(C(=O)Nc4cc(F)c(F)c(F)c4)ccc3Cl)CC1[C@@]2(O)[C@H](O)CCO. The van der Waals surface area contributed by atoms with Crippen molar-refractivity contribution in [1.82, 2.24) is 0 Å². The lowest BCUT2D eigenvalue weighted by atomic mass is 9.69. The number of hydrogen-bond acceptors (Lipinski definition) is 6. The first-order valence-electron chi connectivity index (χ1n) is 11.8. The quantitative estimate of drug-likeness (QED) is 0.382. The summed E-state index contributed by atoms with van der Waals surface area (Å²) in [7, 11) is -4.10. The van der Waals surface area contributed by atoms with Gasteiger partial charge in [0.1, 0.15) is 0 Å². The predicted molar refractivity (Wildman–Crippen MR) is 129 cm³/mol. The van der Waals surface area contributed by atoms with Crippen molar-refractivity contribution in [2.24, 2.45) is 17.8 Å². The maximum absolute atomic E-state index is 13.7. The Labute approximate surface area is 217 Å². The van der Waals surface area contributed by atoms with Crippen LogP contribution in [0.15, 0.2) is 35.2 Å². The Bertz CT molecular complexity index is 1300. The molecule has 2 saturated carbocycles. The molecule has 2 aromatic carbocycles. The Morgan fingerprint density at radius 2 is 1.81 bits per heavy atom. The third-order valence-corrected chi connectivity index (χ3v) is 10.4. The molecule has 2 aromatic rings. The maximum atomic E-state index is 13.7. The molecule has 0 aromatic heterocycles. The number of anilines is 1. The number of nitrogens with one attached hydrogen (secondary N) is 1. The van der Waals surface area contributed by atoms with E-state index in [0.717, 1.165) is 6.07 Å². The first-order valence-corrected chi connectivity index (χ1v) is 13.7. The highest BCUT2D eigenvalue weighted by atomic mass is 35.5. The van der Waals surface area contributed by atoms with Gasteiger partial charge in [0, 0.05) is 30.0 Å². The molecule has 6 atom stereocenters. The molecular weight excluding hydrogens is 535 g/mol. The van der Waals surface area contributed by atoms with Crippen molar-refractivity contribution < 1.29 is 41.7 Å². The molecule has 37 heavy (non-hydrogen) atoms. The summed E-state index contributed by atoms with van der Waals surface area (Å²) in [5.74, 6) is -6.69. The van der Waals surface area contributed by atoms with E-state index < -0.39 is 62.0 Å². The predicted octanol–water partition coefficient (Wildman–Crippen LogP) is 3.69. The van der Waals surface area contributed by atoms with E-state index in [1.54, 1.807) is 0 Å². The van der Waals surface area contributed by atoms with E-state index in [1.165, 1.54) is 12.1 Å². The summed E-state index contributed by atoms with van der Waals surface area (Å²) in [5.41, 5.74) is -2.03. The van der Waals surface area contributed by atoms with Crippen LogP contribution in [0.2, 0.25) is 5.02 Å². The van der Waals surface area contributed by atoms with Crippen molar-refractivity contribution in [3.05, 3.63) is 58.4 Å². The van der Waals surface area contributed by atoms with Crippen molar-refractivity contribution in [2.75, 3.05) is 11.9 Å². The van der Waals surface area contributed by atoms with Crippen LogP contribution in [0.4, 0.5) is 18.9 Å².